The van der Waals surface area contributed by atoms with Crippen molar-refractivity contribution in [1.82, 2.24) is 4.98 Å². The molecule has 0 spiro atoms. The normalized spacial score (nSPS) is 11.6. The number of benzene rings is 2. The molecule has 3 rings (SSSR count). The van der Waals surface area contributed by atoms with Crippen LogP contribution >= 0.6 is 45.8 Å². The van der Waals surface area contributed by atoms with Gasteiger partial charge >= 0.3 is 10.1 Å². The molecule has 0 unspecified atom stereocenters. The lowest BCUT2D eigenvalue weighted by atomic mass is 10.2. The van der Waals surface area contributed by atoms with Gasteiger partial charge in [-0.15, -0.1) is 0 Å². The minimum absolute atomic E-state index is 0.0914. The molecule has 0 amide bonds. The van der Waals surface area contributed by atoms with Gasteiger partial charge in [0.05, 0.1) is 13.6 Å². The molecule has 0 saturated carbocycles. The van der Waals surface area contributed by atoms with Crippen LogP contribution in [-0.2, 0) is 10.1 Å². The van der Waals surface area contributed by atoms with E-state index in [1.807, 2.05) is 22.6 Å². The van der Waals surface area contributed by atoms with Crippen LogP contribution in [0.15, 0.2) is 53.6 Å². The van der Waals surface area contributed by atoms with E-state index in [1.165, 1.54) is 12.1 Å². The highest BCUT2D eigenvalue weighted by Crippen LogP contribution is 2.36. The van der Waals surface area contributed by atoms with Gasteiger partial charge in [0.1, 0.15) is 10.4 Å². The Balaban J connectivity index is 2.18. The first-order chi connectivity index (χ1) is 10.9. The van der Waals surface area contributed by atoms with Crippen LogP contribution in [0.25, 0.3) is 10.9 Å². The molecular formula is C15H8Cl2INO3S. The maximum Gasteiger partial charge on any atom is 0.340 e. The minimum Gasteiger partial charge on any atom is -0.375 e. The molecule has 0 fully saturated rings. The van der Waals surface area contributed by atoms with Crippen LogP contribution in [0.3, 0.4) is 0 Å². The Morgan fingerprint density at radius 1 is 1.04 bits per heavy atom. The third-order valence-corrected chi connectivity index (χ3v) is 5.89. The number of nitrogens with zero attached hydrogens (tertiary/aromatic N) is 1. The van der Waals surface area contributed by atoms with Gasteiger partial charge in [-0.25, -0.2) is 0 Å². The van der Waals surface area contributed by atoms with Gasteiger partial charge in [0.2, 0.25) is 0 Å². The van der Waals surface area contributed by atoms with E-state index in [-0.39, 0.29) is 15.7 Å². The zero-order valence-electron chi connectivity index (χ0n) is 11.3. The molecule has 1 aromatic heterocycles. The fourth-order valence-electron chi connectivity index (χ4n) is 2.03. The van der Waals surface area contributed by atoms with Crippen molar-refractivity contribution in [2.45, 2.75) is 4.90 Å². The first-order valence-corrected chi connectivity index (χ1v) is 9.56. The second-order valence-electron chi connectivity index (χ2n) is 4.54. The molecule has 1 heterocycles. The number of aromatic nitrogens is 1. The predicted octanol–water partition coefficient (Wildman–Crippen LogP) is 4.91. The standard InChI is InChI=1S/C15H8Cl2INO3S/c16-10-5-1-2-6-13(10)23(20,21)22-15-12(18)8-11(17)9-4-3-7-19-14(9)15/h1-8H. The molecule has 0 radical (unpaired) electrons. The third kappa shape index (κ3) is 3.26. The predicted molar refractivity (Wildman–Crippen MR) is 98.7 cm³/mol. The van der Waals surface area contributed by atoms with Gasteiger partial charge in [-0.1, -0.05) is 35.3 Å². The first kappa shape index (κ1) is 16.8. The molecule has 118 valence electrons. The third-order valence-electron chi connectivity index (χ3n) is 3.05. The van der Waals surface area contributed by atoms with Crippen LogP contribution in [0.2, 0.25) is 10.0 Å². The Labute approximate surface area is 156 Å². The molecule has 0 atom stereocenters. The Hall–Kier alpha value is -1.09. The lowest BCUT2D eigenvalue weighted by molar-refractivity contribution is 0.486. The number of hydrogen-bond acceptors (Lipinski definition) is 4. The Kier molecular flexibility index (Phi) is 4.68. The summed E-state index contributed by atoms with van der Waals surface area (Å²) in [5.41, 5.74) is 0.375. The zero-order chi connectivity index (χ0) is 16.6. The topological polar surface area (TPSA) is 56.3 Å². The lowest BCUT2D eigenvalue weighted by Gasteiger charge is -2.12. The molecule has 0 bridgehead atoms. The summed E-state index contributed by atoms with van der Waals surface area (Å²) in [6.45, 7) is 0. The first-order valence-electron chi connectivity index (χ1n) is 6.32. The van der Waals surface area contributed by atoms with E-state index in [0.717, 1.165) is 0 Å². The Morgan fingerprint density at radius 2 is 1.78 bits per heavy atom. The smallest absolute Gasteiger partial charge is 0.340 e. The molecule has 2 aromatic carbocycles. The van der Waals surface area contributed by atoms with Gasteiger partial charge < -0.3 is 4.18 Å². The summed E-state index contributed by atoms with van der Waals surface area (Å²) in [6.07, 6.45) is 1.55. The van der Waals surface area contributed by atoms with E-state index >= 15 is 0 Å². The van der Waals surface area contributed by atoms with Crippen LogP contribution < -0.4 is 4.18 Å². The molecule has 0 aliphatic heterocycles. The average molecular weight is 480 g/mol. The zero-order valence-corrected chi connectivity index (χ0v) is 15.8. The van der Waals surface area contributed by atoms with Gasteiger partial charge in [0.15, 0.2) is 5.75 Å². The van der Waals surface area contributed by atoms with Crippen molar-refractivity contribution in [1.29, 1.82) is 0 Å². The van der Waals surface area contributed by atoms with Crippen molar-refractivity contribution < 1.29 is 12.6 Å². The molecule has 0 saturated heterocycles. The number of pyridine rings is 1. The van der Waals surface area contributed by atoms with E-state index in [0.29, 0.717) is 19.5 Å². The molecule has 0 aliphatic rings. The maximum absolute atomic E-state index is 12.5. The minimum atomic E-state index is -4.09. The largest absolute Gasteiger partial charge is 0.375 e. The highest BCUT2D eigenvalue weighted by Gasteiger charge is 2.23. The van der Waals surface area contributed by atoms with Crippen LogP contribution in [-0.4, -0.2) is 13.4 Å². The van der Waals surface area contributed by atoms with Gasteiger partial charge in [0, 0.05) is 11.6 Å². The monoisotopic (exact) mass is 479 g/mol. The lowest BCUT2D eigenvalue weighted by Crippen LogP contribution is -2.11. The molecule has 0 aliphatic carbocycles. The van der Waals surface area contributed by atoms with Crippen molar-refractivity contribution in [2.24, 2.45) is 0 Å². The van der Waals surface area contributed by atoms with Gasteiger partial charge in [-0.05, 0) is 52.9 Å². The highest BCUT2D eigenvalue weighted by atomic mass is 127. The van der Waals surface area contributed by atoms with Gasteiger partial charge in [-0.2, -0.15) is 8.42 Å². The van der Waals surface area contributed by atoms with Crippen molar-refractivity contribution in [2.75, 3.05) is 0 Å². The summed E-state index contributed by atoms with van der Waals surface area (Å²) in [7, 11) is -4.09. The molecule has 23 heavy (non-hydrogen) atoms. The van der Waals surface area contributed by atoms with Crippen molar-refractivity contribution in [3.05, 3.63) is 62.3 Å². The fraction of sp³-hybridized carbons (Fsp3) is 0. The number of hydrogen-bond donors (Lipinski definition) is 0. The highest BCUT2D eigenvalue weighted by molar-refractivity contribution is 14.1. The van der Waals surface area contributed by atoms with E-state index in [4.69, 9.17) is 27.4 Å². The molecule has 3 aromatic rings. The molecule has 0 N–H and O–H groups in total. The van der Waals surface area contributed by atoms with E-state index in [1.54, 1.807) is 36.5 Å². The Morgan fingerprint density at radius 3 is 2.52 bits per heavy atom. The summed E-state index contributed by atoms with van der Waals surface area (Å²) in [4.78, 5) is 4.09. The molecule has 4 nitrogen and oxygen atoms in total. The summed E-state index contributed by atoms with van der Waals surface area (Å²) in [5.74, 6) is 0.130. The second-order valence-corrected chi connectivity index (χ2v) is 8.03. The Bertz CT molecular complexity index is 1010. The number of rotatable bonds is 3. The van der Waals surface area contributed by atoms with Gasteiger partial charge in [0.25, 0.3) is 0 Å². The van der Waals surface area contributed by atoms with Crippen molar-refractivity contribution in [3.8, 4) is 5.75 Å². The maximum atomic E-state index is 12.5. The SMILES string of the molecule is O=S(=O)(Oc1c(I)cc(Cl)c2cccnc12)c1ccccc1Cl. The number of fused-ring (bicyclic) bond motifs is 1. The van der Waals surface area contributed by atoms with E-state index < -0.39 is 10.1 Å². The van der Waals surface area contributed by atoms with E-state index in [2.05, 4.69) is 4.98 Å². The summed E-state index contributed by atoms with van der Waals surface area (Å²) in [5, 5.41) is 1.17. The van der Waals surface area contributed by atoms with Crippen molar-refractivity contribution in [3.63, 3.8) is 0 Å². The van der Waals surface area contributed by atoms with E-state index in [9.17, 15) is 8.42 Å². The van der Waals surface area contributed by atoms with Gasteiger partial charge in [-0.3, -0.25) is 4.98 Å². The summed E-state index contributed by atoms with van der Waals surface area (Å²) in [6, 6.07) is 11.2. The summed E-state index contributed by atoms with van der Waals surface area (Å²) >= 11 is 14.1. The molecular weight excluding hydrogens is 472 g/mol. The second kappa shape index (κ2) is 6.43. The fourth-order valence-corrected chi connectivity index (χ4v) is 4.75. The number of halogens is 3. The van der Waals surface area contributed by atoms with Crippen LogP contribution in [0.5, 0.6) is 5.75 Å². The average Bonchev–Trinajstić information content (AvgIpc) is 2.52. The van der Waals surface area contributed by atoms with Crippen LogP contribution in [0.4, 0.5) is 0 Å². The quantitative estimate of drug-likeness (QED) is 0.395. The molecule has 8 heteroatoms. The van der Waals surface area contributed by atoms with Crippen LogP contribution in [0.1, 0.15) is 0 Å². The van der Waals surface area contributed by atoms with Crippen molar-refractivity contribution >= 4 is 66.8 Å². The summed E-state index contributed by atoms with van der Waals surface area (Å²) < 4.78 is 30.9. The van der Waals surface area contributed by atoms with Crippen LogP contribution in [0, 0.1) is 3.57 Å².